The maximum Gasteiger partial charge on any atom is 0.239 e. The molecule has 1 fully saturated rings. The average molecular weight is 269 g/mol. The van der Waals surface area contributed by atoms with Gasteiger partial charge in [0.2, 0.25) is 5.91 Å². The quantitative estimate of drug-likeness (QED) is 0.764. The molecule has 0 aromatic rings. The molecule has 1 heterocycles. The molecule has 1 aliphatic heterocycles. The van der Waals surface area contributed by atoms with E-state index in [1.165, 1.54) is 12.8 Å². The Bertz CT molecular complexity index is 264. The maximum absolute atomic E-state index is 12.2. The van der Waals surface area contributed by atoms with E-state index in [4.69, 9.17) is 0 Å². The molecule has 0 radical (unpaired) electrons. The SMILES string of the molecule is CCC(C)N(C)CCNC(C)C(=O)N1CCCCC1. The lowest BCUT2D eigenvalue weighted by molar-refractivity contribution is -0.133. The van der Waals surface area contributed by atoms with Gasteiger partial charge in [-0.2, -0.15) is 0 Å². The summed E-state index contributed by atoms with van der Waals surface area (Å²) < 4.78 is 0. The molecule has 0 spiro atoms. The second kappa shape index (κ2) is 8.54. The number of hydrogen-bond acceptors (Lipinski definition) is 3. The lowest BCUT2D eigenvalue weighted by Crippen LogP contribution is -2.48. The molecule has 1 N–H and O–H groups in total. The summed E-state index contributed by atoms with van der Waals surface area (Å²) >= 11 is 0. The summed E-state index contributed by atoms with van der Waals surface area (Å²) in [7, 11) is 2.15. The third-order valence-electron chi connectivity index (χ3n) is 4.30. The van der Waals surface area contributed by atoms with Gasteiger partial charge in [-0.15, -0.1) is 0 Å². The van der Waals surface area contributed by atoms with Crippen LogP contribution in [0.15, 0.2) is 0 Å². The highest BCUT2D eigenvalue weighted by atomic mass is 16.2. The molecule has 112 valence electrons. The summed E-state index contributed by atoms with van der Waals surface area (Å²) in [6, 6.07) is 0.554. The van der Waals surface area contributed by atoms with Gasteiger partial charge in [0.1, 0.15) is 0 Å². The molecule has 1 aliphatic rings. The first-order valence-corrected chi connectivity index (χ1v) is 7.78. The Labute approximate surface area is 118 Å². The van der Waals surface area contributed by atoms with Crippen molar-refractivity contribution in [3.8, 4) is 0 Å². The lowest BCUT2D eigenvalue weighted by Gasteiger charge is -2.30. The monoisotopic (exact) mass is 269 g/mol. The number of hydrogen-bond donors (Lipinski definition) is 1. The van der Waals surface area contributed by atoms with Gasteiger partial charge in [0.05, 0.1) is 6.04 Å². The molecule has 1 saturated heterocycles. The molecule has 4 nitrogen and oxygen atoms in total. The first-order chi connectivity index (χ1) is 9.06. The minimum absolute atomic E-state index is 0.0524. The van der Waals surface area contributed by atoms with Crippen molar-refractivity contribution in [1.29, 1.82) is 0 Å². The largest absolute Gasteiger partial charge is 0.341 e. The molecule has 19 heavy (non-hydrogen) atoms. The topological polar surface area (TPSA) is 35.6 Å². The Morgan fingerprint density at radius 3 is 2.47 bits per heavy atom. The summed E-state index contributed by atoms with van der Waals surface area (Å²) in [5.41, 5.74) is 0. The van der Waals surface area contributed by atoms with Gasteiger partial charge in [0.25, 0.3) is 0 Å². The molecule has 0 aromatic carbocycles. The normalized spacial score (nSPS) is 19.5. The zero-order valence-corrected chi connectivity index (χ0v) is 13.1. The van der Waals surface area contributed by atoms with E-state index in [1.807, 2.05) is 11.8 Å². The van der Waals surface area contributed by atoms with Crippen LogP contribution in [-0.2, 0) is 4.79 Å². The Balaban J connectivity index is 2.22. The van der Waals surface area contributed by atoms with Gasteiger partial charge in [0.15, 0.2) is 0 Å². The molecule has 2 unspecified atom stereocenters. The Morgan fingerprint density at radius 1 is 1.26 bits per heavy atom. The van der Waals surface area contributed by atoms with Crippen molar-refractivity contribution in [2.75, 3.05) is 33.2 Å². The predicted octanol–water partition coefficient (Wildman–Crippen LogP) is 1.71. The van der Waals surface area contributed by atoms with E-state index in [1.54, 1.807) is 0 Å². The number of rotatable bonds is 7. The van der Waals surface area contributed by atoms with Crippen LogP contribution in [0.4, 0.5) is 0 Å². The van der Waals surface area contributed by atoms with Crippen LogP contribution in [0, 0.1) is 0 Å². The van der Waals surface area contributed by atoms with Crippen LogP contribution in [0.25, 0.3) is 0 Å². The molecule has 2 atom stereocenters. The van der Waals surface area contributed by atoms with Gasteiger partial charge in [-0.3, -0.25) is 4.79 Å². The van der Waals surface area contributed by atoms with Crippen molar-refractivity contribution in [3.05, 3.63) is 0 Å². The van der Waals surface area contributed by atoms with Crippen LogP contribution in [0.1, 0.15) is 46.5 Å². The third kappa shape index (κ3) is 5.49. The summed E-state index contributed by atoms with van der Waals surface area (Å²) in [5, 5.41) is 3.36. The summed E-state index contributed by atoms with van der Waals surface area (Å²) in [4.78, 5) is 16.6. The highest BCUT2D eigenvalue weighted by molar-refractivity contribution is 5.81. The van der Waals surface area contributed by atoms with E-state index < -0.39 is 0 Å². The first-order valence-electron chi connectivity index (χ1n) is 7.78. The fraction of sp³-hybridized carbons (Fsp3) is 0.933. The van der Waals surface area contributed by atoms with Gasteiger partial charge in [-0.05, 0) is 46.6 Å². The Hall–Kier alpha value is -0.610. The number of likely N-dealkylation sites (N-methyl/N-ethyl adjacent to an activating group) is 1. The number of likely N-dealkylation sites (tertiary alicyclic amines) is 1. The lowest BCUT2D eigenvalue weighted by atomic mass is 10.1. The molecule has 0 aliphatic carbocycles. The summed E-state index contributed by atoms with van der Waals surface area (Å²) in [5.74, 6) is 0.269. The Kier molecular flexibility index (Phi) is 7.39. The van der Waals surface area contributed by atoms with Crippen LogP contribution in [0.5, 0.6) is 0 Å². The number of amides is 1. The van der Waals surface area contributed by atoms with Gasteiger partial charge >= 0.3 is 0 Å². The first kappa shape index (κ1) is 16.4. The fourth-order valence-corrected chi connectivity index (χ4v) is 2.46. The summed E-state index contributed by atoms with van der Waals surface area (Å²) in [6.45, 7) is 10.2. The van der Waals surface area contributed by atoms with Crippen molar-refractivity contribution >= 4 is 5.91 Å². The van der Waals surface area contributed by atoms with Crippen LogP contribution < -0.4 is 5.32 Å². The minimum Gasteiger partial charge on any atom is -0.341 e. The zero-order valence-electron chi connectivity index (χ0n) is 13.1. The summed E-state index contributed by atoms with van der Waals surface area (Å²) in [6.07, 6.45) is 4.76. The number of carbonyl (C=O) groups is 1. The van der Waals surface area contributed by atoms with Crippen LogP contribution in [0.2, 0.25) is 0 Å². The average Bonchev–Trinajstić information content (AvgIpc) is 2.46. The number of nitrogens with zero attached hydrogens (tertiary/aromatic N) is 2. The van der Waals surface area contributed by atoms with Crippen LogP contribution in [0.3, 0.4) is 0 Å². The zero-order chi connectivity index (χ0) is 14.3. The van der Waals surface area contributed by atoms with Gasteiger partial charge in [-0.1, -0.05) is 6.92 Å². The molecule has 1 rings (SSSR count). The number of piperidine rings is 1. The van der Waals surface area contributed by atoms with Crippen molar-refractivity contribution in [1.82, 2.24) is 15.1 Å². The van der Waals surface area contributed by atoms with Gasteiger partial charge in [-0.25, -0.2) is 0 Å². The second-order valence-corrected chi connectivity index (χ2v) is 5.80. The number of carbonyl (C=O) groups excluding carboxylic acids is 1. The van der Waals surface area contributed by atoms with Crippen molar-refractivity contribution in [3.63, 3.8) is 0 Å². The van der Waals surface area contributed by atoms with E-state index in [9.17, 15) is 4.79 Å². The van der Waals surface area contributed by atoms with Gasteiger partial charge in [0, 0.05) is 32.2 Å². The Morgan fingerprint density at radius 2 is 1.89 bits per heavy atom. The molecule has 0 bridgehead atoms. The molecule has 1 amide bonds. The fourth-order valence-electron chi connectivity index (χ4n) is 2.46. The van der Waals surface area contributed by atoms with E-state index in [0.29, 0.717) is 6.04 Å². The highest BCUT2D eigenvalue weighted by Crippen LogP contribution is 2.09. The maximum atomic E-state index is 12.2. The van der Waals surface area contributed by atoms with Gasteiger partial charge < -0.3 is 15.1 Å². The number of nitrogens with one attached hydrogen (secondary N) is 1. The standard InChI is InChI=1S/C15H31N3O/c1-5-13(2)17(4)12-9-16-14(3)15(19)18-10-7-6-8-11-18/h13-14,16H,5-12H2,1-4H3. The molecular formula is C15H31N3O. The molecule has 4 heteroatoms. The highest BCUT2D eigenvalue weighted by Gasteiger charge is 2.21. The third-order valence-corrected chi connectivity index (χ3v) is 4.30. The molecule has 0 saturated carbocycles. The molecular weight excluding hydrogens is 238 g/mol. The van der Waals surface area contributed by atoms with E-state index >= 15 is 0 Å². The van der Waals surface area contributed by atoms with E-state index in [2.05, 4.69) is 31.1 Å². The van der Waals surface area contributed by atoms with Crippen molar-refractivity contribution < 1.29 is 4.79 Å². The van der Waals surface area contributed by atoms with E-state index in [0.717, 1.165) is 39.0 Å². The van der Waals surface area contributed by atoms with Crippen molar-refractivity contribution in [2.24, 2.45) is 0 Å². The van der Waals surface area contributed by atoms with Crippen molar-refractivity contribution in [2.45, 2.75) is 58.5 Å². The molecule has 0 aromatic heterocycles. The van der Waals surface area contributed by atoms with Crippen LogP contribution in [-0.4, -0.2) is 61.0 Å². The predicted molar refractivity (Wildman–Crippen MR) is 80.3 cm³/mol. The smallest absolute Gasteiger partial charge is 0.239 e. The minimum atomic E-state index is -0.0524. The van der Waals surface area contributed by atoms with E-state index in [-0.39, 0.29) is 11.9 Å². The van der Waals surface area contributed by atoms with Crippen LogP contribution >= 0.6 is 0 Å². The second-order valence-electron chi connectivity index (χ2n) is 5.80.